The zero-order valence-corrected chi connectivity index (χ0v) is 8.57. The van der Waals surface area contributed by atoms with Gasteiger partial charge in [0.25, 0.3) is 0 Å². The first-order valence-electron chi connectivity index (χ1n) is 5.56. The Morgan fingerprint density at radius 2 is 1.64 bits per heavy atom. The summed E-state index contributed by atoms with van der Waals surface area (Å²) < 4.78 is -0.159. The van der Waals surface area contributed by atoms with E-state index in [0.717, 1.165) is 12.8 Å². The quantitative estimate of drug-likeness (QED) is 0.467. The molecule has 80 valence electrons. The van der Waals surface area contributed by atoms with Crippen molar-refractivity contribution in [2.24, 2.45) is 0 Å². The first-order chi connectivity index (χ1) is 6.71. The van der Waals surface area contributed by atoms with E-state index in [1.165, 1.54) is 6.42 Å². The molecule has 0 spiro atoms. The highest BCUT2D eigenvalue weighted by Gasteiger charge is 2.31. The number of hydroxylamine groups is 2. The summed E-state index contributed by atoms with van der Waals surface area (Å²) in [6.07, 6.45) is 4.40. The Kier molecular flexibility index (Phi) is 2.85. The molecule has 2 fully saturated rings. The summed E-state index contributed by atoms with van der Waals surface area (Å²) in [7, 11) is 0. The zero-order chi connectivity index (χ0) is 10.0. The monoisotopic (exact) mass is 198 g/mol. The number of carbonyl (C=O) groups excluding carboxylic acids is 1. The minimum Gasteiger partial charge on any atom is -0.611 e. The lowest BCUT2D eigenvalue weighted by Crippen LogP contribution is -2.60. The number of piperidine rings is 2. The molecule has 2 heterocycles. The van der Waals surface area contributed by atoms with Gasteiger partial charge in [-0.15, -0.1) is 0 Å². The Morgan fingerprint density at radius 3 is 2.21 bits per heavy atom. The number of rotatable bonds is 1. The number of quaternary nitrogens is 1. The van der Waals surface area contributed by atoms with Crippen LogP contribution < -0.4 is 0 Å². The molecule has 0 amide bonds. The maximum Gasteiger partial charge on any atom is 0.135 e. The van der Waals surface area contributed by atoms with Crippen LogP contribution in [0.2, 0.25) is 0 Å². The second-order valence-corrected chi connectivity index (χ2v) is 4.35. The summed E-state index contributed by atoms with van der Waals surface area (Å²) in [4.78, 5) is 11.1. The van der Waals surface area contributed by atoms with Crippen LogP contribution in [0.4, 0.5) is 0 Å². The SMILES string of the molecule is O=C1CCN([N+]2([O-])CCCCC2)CC1. The van der Waals surface area contributed by atoms with Crippen molar-refractivity contribution in [1.29, 1.82) is 0 Å². The van der Waals surface area contributed by atoms with Crippen molar-refractivity contribution in [2.45, 2.75) is 32.1 Å². The Balaban J connectivity index is 1.95. The van der Waals surface area contributed by atoms with E-state index in [1.54, 1.807) is 0 Å². The topological polar surface area (TPSA) is 43.4 Å². The van der Waals surface area contributed by atoms with Crippen LogP contribution in [0.5, 0.6) is 0 Å². The lowest BCUT2D eigenvalue weighted by atomic mass is 10.1. The third-order valence-corrected chi connectivity index (χ3v) is 3.33. The Labute approximate surface area is 84.6 Å². The van der Waals surface area contributed by atoms with Crippen molar-refractivity contribution in [3.63, 3.8) is 0 Å². The van der Waals surface area contributed by atoms with Gasteiger partial charge in [-0.1, -0.05) is 0 Å². The highest BCUT2D eigenvalue weighted by molar-refractivity contribution is 5.79. The van der Waals surface area contributed by atoms with E-state index in [2.05, 4.69) is 0 Å². The normalized spacial score (nSPS) is 29.1. The minimum absolute atomic E-state index is 0.159. The van der Waals surface area contributed by atoms with Gasteiger partial charge in [0.1, 0.15) is 5.78 Å². The average Bonchev–Trinajstić information content (AvgIpc) is 2.19. The number of Topliss-reactive ketones (excluding diaryl/α,β-unsaturated/α-hetero) is 1. The first-order valence-corrected chi connectivity index (χ1v) is 5.56. The van der Waals surface area contributed by atoms with E-state index in [-0.39, 0.29) is 4.76 Å². The van der Waals surface area contributed by atoms with Crippen LogP contribution in [-0.4, -0.2) is 41.7 Å². The summed E-state index contributed by atoms with van der Waals surface area (Å²) in [6.45, 7) is 2.77. The van der Waals surface area contributed by atoms with E-state index >= 15 is 0 Å². The predicted molar refractivity (Wildman–Crippen MR) is 53.0 cm³/mol. The molecule has 2 aliphatic rings. The molecule has 0 saturated carbocycles. The third kappa shape index (κ3) is 1.97. The van der Waals surface area contributed by atoms with Gasteiger partial charge in [-0.2, -0.15) is 5.01 Å². The van der Waals surface area contributed by atoms with Gasteiger partial charge in [-0.3, -0.25) is 9.55 Å². The minimum atomic E-state index is -0.159. The Morgan fingerprint density at radius 1 is 1.07 bits per heavy atom. The van der Waals surface area contributed by atoms with Crippen LogP contribution in [0.1, 0.15) is 32.1 Å². The molecule has 0 aromatic heterocycles. The summed E-state index contributed by atoms with van der Waals surface area (Å²) in [5, 5.41) is 14.3. The van der Waals surface area contributed by atoms with E-state index in [4.69, 9.17) is 0 Å². The van der Waals surface area contributed by atoms with E-state index in [0.29, 0.717) is 44.8 Å². The molecule has 0 aromatic carbocycles. The van der Waals surface area contributed by atoms with Crippen LogP contribution in [-0.2, 0) is 4.79 Å². The molecule has 0 unspecified atom stereocenters. The maximum atomic E-state index is 12.3. The van der Waals surface area contributed by atoms with Crippen molar-refractivity contribution >= 4 is 5.78 Å². The largest absolute Gasteiger partial charge is 0.611 e. The third-order valence-electron chi connectivity index (χ3n) is 3.33. The molecule has 2 rings (SSSR count). The lowest BCUT2D eigenvalue weighted by Gasteiger charge is -2.52. The Hall–Kier alpha value is -0.450. The van der Waals surface area contributed by atoms with Gasteiger partial charge in [0.2, 0.25) is 0 Å². The van der Waals surface area contributed by atoms with Crippen molar-refractivity contribution in [3.05, 3.63) is 5.21 Å². The molecular formula is C10H18N2O2. The fourth-order valence-corrected chi connectivity index (χ4v) is 2.40. The van der Waals surface area contributed by atoms with Crippen molar-refractivity contribution in [1.82, 2.24) is 5.01 Å². The van der Waals surface area contributed by atoms with Crippen LogP contribution in [0.3, 0.4) is 0 Å². The second-order valence-electron chi connectivity index (χ2n) is 4.35. The van der Waals surface area contributed by atoms with Gasteiger partial charge in [0.15, 0.2) is 0 Å². The molecule has 2 aliphatic heterocycles. The molecule has 0 bridgehead atoms. The average molecular weight is 198 g/mol. The van der Waals surface area contributed by atoms with Gasteiger partial charge in [0.05, 0.1) is 26.2 Å². The summed E-state index contributed by atoms with van der Waals surface area (Å²) in [6, 6.07) is 0. The number of ketones is 1. The van der Waals surface area contributed by atoms with Gasteiger partial charge >= 0.3 is 0 Å². The van der Waals surface area contributed by atoms with Crippen molar-refractivity contribution in [3.8, 4) is 0 Å². The van der Waals surface area contributed by atoms with Crippen LogP contribution in [0.25, 0.3) is 0 Å². The van der Waals surface area contributed by atoms with Crippen LogP contribution in [0, 0.1) is 5.21 Å². The zero-order valence-electron chi connectivity index (χ0n) is 8.57. The van der Waals surface area contributed by atoms with Gasteiger partial charge in [0, 0.05) is 12.8 Å². The van der Waals surface area contributed by atoms with Gasteiger partial charge in [-0.25, -0.2) is 0 Å². The molecule has 0 atom stereocenters. The number of hydrogen-bond donors (Lipinski definition) is 0. The Bertz CT molecular complexity index is 214. The molecule has 0 aromatic rings. The molecule has 4 heteroatoms. The lowest BCUT2D eigenvalue weighted by molar-refractivity contribution is -0.998. The van der Waals surface area contributed by atoms with E-state index in [9.17, 15) is 10.0 Å². The standard InChI is InChI=1S/C10H18N2O2/c13-10-4-6-11(7-5-10)12(14)8-2-1-3-9-12/h1-9H2. The molecule has 0 N–H and O–H groups in total. The number of carbonyl (C=O) groups is 1. The van der Waals surface area contributed by atoms with Crippen LogP contribution in [0.15, 0.2) is 0 Å². The van der Waals surface area contributed by atoms with Crippen molar-refractivity contribution < 1.29 is 9.55 Å². The fraction of sp³-hybridized carbons (Fsp3) is 0.900. The number of hydrogen-bond acceptors (Lipinski definition) is 3. The predicted octanol–water partition coefficient (Wildman–Crippen LogP) is 1.06. The summed E-state index contributed by atoms with van der Waals surface area (Å²) in [5.74, 6) is 0.310. The van der Waals surface area contributed by atoms with Crippen molar-refractivity contribution in [2.75, 3.05) is 26.2 Å². The molecule has 4 nitrogen and oxygen atoms in total. The fourth-order valence-electron chi connectivity index (χ4n) is 2.40. The second kappa shape index (κ2) is 3.96. The molecular weight excluding hydrogens is 180 g/mol. The van der Waals surface area contributed by atoms with Crippen LogP contribution >= 0.6 is 0 Å². The molecule has 0 aliphatic carbocycles. The van der Waals surface area contributed by atoms with E-state index in [1.807, 2.05) is 5.01 Å². The summed E-state index contributed by atoms with van der Waals surface area (Å²) >= 11 is 0. The van der Waals surface area contributed by atoms with Gasteiger partial charge < -0.3 is 5.21 Å². The van der Waals surface area contributed by atoms with E-state index < -0.39 is 0 Å². The first kappa shape index (κ1) is 10.1. The summed E-state index contributed by atoms with van der Waals surface area (Å²) in [5.41, 5.74) is 0. The van der Waals surface area contributed by atoms with Gasteiger partial charge in [-0.05, 0) is 19.3 Å². The maximum absolute atomic E-state index is 12.3. The highest BCUT2D eigenvalue weighted by Crippen LogP contribution is 2.23. The molecule has 0 radical (unpaired) electrons. The highest BCUT2D eigenvalue weighted by atomic mass is 16.6. The molecule has 14 heavy (non-hydrogen) atoms. The molecule has 2 saturated heterocycles. The number of nitrogens with zero attached hydrogens (tertiary/aromatic N) is 2. The smallest absolute Gasteiger partial charge is 0.135 e.